The molecule has 0 bridgehead atoms. The number of hydrogen-bond donors (Lipinski definition) is 1. The molecular weight excluding hydrogens is 510 g/mol. The lowest BCUT2D eigenvalue weighted by Gasteiger charge is -2.47. The largest absolute Gasteiger partial charge is 0.443 e. The number of carbonyl (C=O) groups is 2. The number of hydrogen-bond acceptors (Lipinski definition) is 7. The zero-order valence-corrected chi connectivity index (χ0v) is 22.4. The highest BCUT2D eigenvalue weighted by Gasteiger charge is 2.69. The zero-order chi connectivity index (χ0) is 28.8. The third-order valence-electron chi connectivity index (χ3n) is 7.84. The zero-order valence-electron chi connectivity index (χ0n) is 22.4. The van der Waals surface area contributed by atoms with Crippen LogP contribution in [-0.4, -0.2) is 39.8 Å². The first kappa shape index (κ1) is 27.0. The summed E-state index contributed by atoms with van der Waals surface area (Å²) in [7, 11) is 0. The lowest BCUT2D eigenvalue weighted by Crippen LogP contribution is -2.62. The minimum absolute atomic E-state index is 0.0787. The molecule has 1 saturated carbocycles. The molecule has 0 unspecified atom stereocenters. The van der Waals surface area contributed by atoms with E-state index in [1.807, 2.05) is 6.07 Å². The third-order valence-corrected chi connectivity index (χ3v) is 7.84. The molecule has 1 N–H and O–H groups in total. The number of ether oxygens (including phenoxy) is 1. The standard InChI is InChI=1S/C31H29N3O6/c1-30(2,3)40-29(37)33-24-12-8-7-11-23(24)31(28(33)36)25(35)17-22(20-9-5-4-6-10-20)27(34(38)39)26(31)21-15-13-19(18-32)14-16-21/h4-16,22,25-27,35H,17H2,1-3H3/t22-,25-,26-,27-,31-/m0/s1. The Bertz CT molecular complexity index is 1510. The maximum absolute atomic E-state index is 14.6. The summed E-state index contributed by atoms with van der Waals surface area (Å²) in [4.78, 5) is 41.5. The second-order valence-electron chi connectivity index (χ2n) is 11.3. The molecule has 204 valence electrons. The van der Waals surface area contributed by atoms with Crippen LogP contribution < -0.4 is 4.90 Å². The average Bonchev–Trinajstić information content (AvgIpc) is 3.18. The van der Waals surface area contributed by atoms with Crippen molar-refractivity contribution >= 4 is 17.7 Å². The number of amides is 2. The first-order chi connectivity index (χ1) is 19.0. The molecule has 9 heteroatoms. The molecule has 0 radical (unpaired) electrons. The fourth-order valence-corrected chi connectivity index (χ4v) is 6.34. The summed E-state index contributed by atoms with van der Waals surface area (Å²) in [5, 5.41) is 34.3. The van der Waals surface area contributed by atoms with Gasteiger partial charge in [-0.3, -0.25) is 14.9 Å². The van der Waals surface area contributed by atoms with Gasteiger partial charge >= 0.3 is 6.09 Å². The first-order valence-corrected chi connectivity index (χ1v) is 13.0. The van der Waals surface area contributed by atoms with Gasteiger partial charge in [0.2, 0.25) is 6.04 Å². The maximum Gasteiger partial charge on any atom is 0.421 e. The Balaban J connectivity index is 1.78. The predicted octanol–water partition coefficient (Wildman–Crippen LogP) is 5.06. The van der Waals surface area contributed by atoms with Crippen LogP contribution in [0.1, 0.15) is 61.3 Å². The van der Waals surface area contributed by atoms with E-state index in [4.69, 9.17) is 4.74 Å². The van der Waals surface area contributed by atoms with Crippen molar-refractivity contribution in [1.29, 1.82) is 5.26 Å². The van der Waals surface area contributed by atoms with Crippen molar-refractivity contribution in [3.05, 3.63) is 111 Å². The fourth-order valence-electron chi connectivity index (χ4n) is 6.34. The van der Waals surface area contributed by atoms with Gasteiger partial charge in [-0.2, -0.15) is 5.26 Å². The monoisotopic (exact) mass is 539 g/mol. The molecule has 2 aliphatic rings. The van der Waals surface area contributed by atoms with Crippen LogP contribution in [0.4, 0.5) is 10.5 Å². The van der Waals surface area contributed by atoms with Gasteiger partial charge in [-0.15, -0.1) is 0 Å². The van der Waals surface area contributed by atoms with Crippen molar-refractivity contribution in [2.75, 3.05) is 4.90 Å². The van der Waals surface area contributed by atoms with Crippen LogP contribution in [-0.2, 0) is 14.9 Å². The van der Waals surface area contributed by atoms with Crippen molar-refractivity contribution in [1.82, 2.24) is 0 Å². The molecule has 0 aromatic heterocycles. The van der Waals surface area contributed by atoms with Gasteiger partial charge in [-0.1, -0.05) is 60.7 Å². The Labute approximate surface area is 231 Å². The Hall–Kier alpha value is -4.55. The SMILES string of the molecule is CC(C)(C)OC(=O)N1C(=O)[C@@]2(c3ccccc31)[C@@H](O)C[C@@H](c1ccccc1)[C@H]([N+](=O)[O-])[C@@H]2c1ccc(C#N)cc1. The Morgan fingerprint density at radius 3 is 2.27 bits per heavy atom. The quantitative estimate of drug-likeness (QED) is 0.363. The lowest BCUT2D eigenvalue weighted by atomic mass is 9.54. The highest BCUT2D eigenvalue weighted by Crippen LogP contribution is 2.60. The molecule has 1 fully saturated rings. The summed E-state index contributed by atoms with van der Waals surface area (Å²) in [5.41, 5.74) is -0.800. The number of benzene rings is 3. The van der Waals surface area contributed by atoms with Crippen molar-refractivity contribution in [3.63, 3.8) is 0 Å². The number of nitriles is 1. The van der Waals surface area contributed by atoms with Crippen LogP contribution in [0.2, 0.25) is 0 Å². The molecule has 3 aromatic carbocycles. The van der Waals surface area contributed by atoms with Crippen molar-refractivity contribution in [2.45, 2.75) is 62.2 Å². The summed E-state index contributed by atoms with van der Waals surface area (Å²) in [6.45, 7) is 5.03. The molecule has 3 aromatic rings. The van der Waals surface area contributed by atoms with E-state index < -0.39 is 47.0 Å². The van der Waals surface area contributed by atoms with E-state index in [-0.39, 0.29) is 17.0 Å². The smallest absolute Gasteiger partial charge is 0.421 e. The number of aliphatic hydroxyl groups is 1. The van der Waals surface area contributed by atoms with E-state index in [1.165, 1.54) is 12.1 Å². The van der Waals surface area contributed by atoms with Crippen molar-refractivity contribution in [2.24, 2.45) is 0 Å². The number of nitrogens with zero attached hydrogens (tertiary/aromatic N) is 3. The lowest BCUT2D eigenvalue weighted by molar-refractivity contribution is -0.537. The molecule has 1 aliphatic heterocycles. The Morgan fingerprint density at radius 1 is 1.05 bits per heavy atom. The van der Waals surface area contributed by atoms with Crippen LogP contribution in [0.15, 0.2) is 78.9 Å². The molecule has 2 amide bonds. The highest BCUT2D eigenvalue weighted by atomic mass is 16.6. The first-order valence-electron chi connectivity index (χ1n) is 13.0. The summed E-state index contributed by atoms with van der Waals surface area (Å²) in [6, 6.07) is 22.4. The van der Waals surface area contributed by atoms with Crippen LogP contribution in [0.25, 0.3) is 0 Å². The van der Waals surface area contributed by atoms with E-state index in [9.17, 15) is 30.1 Å². The molecule has 1 aliphatic carbocycles. The number of para-hydroxylation sites is 1. The number of anilines is 1. The van der Waals surface area contributed by atoms with Crippen LogP contribution in [0, 0.1) is 21.4 Å². The predicted molar refractivity (Wildman–Crippen MR) is 146 cm³/mol. The summed E-state index contributed by atoms with van der Waals surface area (Å²) < 4.78 is 5.57. The van der Waals surface area contributed by atoms with Gasteiger partial charge in [0, 0.05) is 4.92 Å². The van der Waals surface area contributed by atoms with Gasteiger partial charge in [0.05, 0.1) is 35.3 Å². The molecular formula is C31H29N3O6. The van der Waals surface area contributed by atoms with Gasteiger partial charge in [0.15, 0.2) is 0 Å². The number of imide groups is 1. The number of rotatable bonds is 3. The minimum atomic E-state index is -1.86. The van der Waals surface area contributed by atoms with Crippen LogP contribution in [0.5, 0.6) is 0 Å². The molecule has 1 heterocycles. The van der Waals surface area contributed by atoms with E-state index >= 15 is 0 Å². The number of fused-ring (bicyclic) bond motifs is 2. The molecule has 1 spiro atoms. The minimum Gasteiger partial charge on any atom is -0.443 e. The van der Waals surface area contributed by atoms with Crippen molar-refractivity contribution in [3.8, 4) is 6.07 Å². The third kappa shape index (κ3) is 4.21. The summed E-state index contributed by atoms with van der Waals surface area (Å²) in [5.74, 6) is -2.68. The summed E-state index contributed by atoms with van der Waals surface area (Å²) in [6.07, 6.45) is -2.38. The molecule has 5 rings (SSSR count). The fraction of sp³-hybridized carbons (Fsp3) is 0.323. The molecule has 40 heavy (non-hydrogen) atoms. The average molecular weight is 540 g/mol. The second kappa shape index (κ2) is 9.88. The van der Waals surface area contributed by atoms with E-state index in [1.54, 1.807) is 87.5 Å². The maximum atomic E-state index is 14.6. The van der Waals surface area contributed by atoms with Gasteiger partial charge in [0.25, 0.3) is 5.91 Å². The van der Waals surface area contributed by atoms with Gasteiger partial charge in [-0.05, 0) is 62.1 Å². The van der Waals surface area contributed by atoms with Gasteiger partial charge in [0.1, 0.15) is 11.0 Å². The highest BCUT2D eigenvalue weighted by molar-refractivity contribution is 6.22. The van der Waals surface area contributed by atoms with Gasteiger partial charge < -0.3 is 9.84 Å². The molecule has 0 saturated heterocycles. The molecule has 5 atom stereocenters. The number of carbonyl (C=O) groups excluding carboxylic acids is 2. The number of nitro groups is 1. The van der Waals surface area contributed by atoms with Gasteiger partial charge in [-0.25, -0.2) is 9.69 Å². The van der Waals surface area contributed by atoms with Crippen LogP contribution in [0.3, 0.4) is 0 Å². The second-order valence-corrected chi connectivity index (χ2v) is 11.3. The van der Waals surface area contributed by atoms with E-state index in [2.05, 4.69) is 0 Å². The van der Waals surface area contributed by atoms with E-state index in [0.717, 1.165) is 4.90 Å². The Kier molecular flexibility index (Phi) is 6.68. The van der Waals surface area contributed by atoms with Crippen molar-refractivity contribution < 1.29 is 24.4 Å². The Morgan fingerprint density at radius 2 is 1.68 bits per heavy atom. The molecule has 9 nitrogen and oxygen atoms in total. The normalized spacial score (nSPS) is 25.8. The number of aliphatic hydroxyl groups excluding tert-OH is 1. The topological polar surface area (TPSA) is 134 Å². The van der Waals surface area contributed by atoms with E-state index in [0.29, 0.717) is 22.3 Å². The van der Waals surface area contributed by atoms with Crippen LogP contribution >= 0.6 is 0 Å². The summed E-state index contributed by atoms with van der Waals surface area (Å²) >= 11 is 0.